The molecule has 0 radical (unpaired) electrons. The van der Waals surface area contributed by atoms with Gasteiger partial charge in [0.25, 0.3) is 0 Å². The molecule has 1 aromatic carbocycles. The van der Waals surface area contributed by atoms with Gasteiger partial charge < -0.3 is 15.1 Å². The molecule has 0 aliphatic carbocycles. The number of aryl methyl sites for hydroxylation is 2. The van der Waals surface area contributed by atoms with Crippen molar-refractivity contribution in [3.05, 3.63) is 64.7 Å². The van der Waals surface area contributed by atoms with E-state index in [1.54, 1.807) is 19.3 Å². The van der Waals surface area contributed by atoms with Gasteiger partial charge >= 0.3 is 6.18 Å². The molecule has 0 unspecified atom stereocenters. The summed E-state index contributed by atoms with van der Waals surface area (Å²) in [7, 11) is 3.12. The van der Waals surface area contributed by atoms with Crippen molar-refractivity contribution < 1.29 is 27.2 Å². The first-order chi connectivity index (χ1) is 17.3. The fourth-order valence-corrected chi connectivity index (χ4v) is 4.40. The molecule has 0 spiro atoms. The number of rotatable bonds is 5. The molecule has 2 atom stereocenters. The summed E-state index contributed by atoms with van der Waals surface area (Å²) in [4.78, 5) is 33.4. The molecule has 3 aromatic rings. The number of amides is 2. The van der Waals surface area contributed by atoms with Crippen LogP contribution in [0.2, 0.25) is 5.02 Å². The predicted molar refractivity (Wildman–Crippen MR) is 130 cm³/mol. The van der Waals surface area contributed by atoms with E-state index in [-0.39, 0.29) is 35.2 Å². The monoisotopic (exact) mass is 538 g/mol. The van der Waals surface area contributed by atoms with Crippen LogP contribution in [0.25, 0.3) is 0 Å². The first-order valence-electron chi connectivity index (χ1n) is 11.2. The van der Waals surface area contributed by atoms with E-state index in [1.807, 2.05) is 0 Å². The number of halogens is 5. The number of alkyl halides is 3. The molecule has 196 valence electrons. The molecule has 1 fully saturated rings. The second-order valence-corrected chi connectivity index (χ2v) is 9.22. The van der Waals surface area contributed by atoms with Gasteiger partial charge in [0.15, 0.2) is 5.82 Å². The molecule has 1 N–H and O–H groups in total. The molecule has 1 aliphatic rings. The molecule has 37 heavy (non-hydrogen) atoms. The Kier molecular flexibility index (Phi) is 7.13. The number of carbonyl (C=O) groups excluding carboxylic acids is 2. The molecule has 1 aliphatic heterocycles. The number of benzene rings is 1. The molecular weight excluding hydrogens is 516 g/mol. The van der Waals surface area contributed by atoms with E-state index in [9.17, 15) is 27.2 Å². The molecule has 2 aromatic heterocycles. The number of likely N-dealkylation sites (N-methyl/N-ethyl adjacent to an activating group) is 1. The van der Waals surface area contributed by atoms with Crippen LogP contribution in [0.15, 0.2) is 42.6 Å². The third-order valence-electron chi connectivity index (χ3n) is 6.10. The van der Waals surface area contributed by atoms with Crippen LogP contribution in [-0.2, 0) is 22.8 Å². The minimum absolute atomic E-state index is 0.00768. The minimum atomic E-state index is -4.63. The minimum Gasteiger partial charge on any atom is -0.344 e. The summed E-state index contributed by atoms with van der Waals surface area (Å²) in [6.45, 7) is 1.37. The van der Waals surface area contributed by atoms with Gasteiger partial charge in [0.1, 0.15) is 17.7 Å². The zero-order valence-electron chi connectivity index (χ0n) is 20.1. The van der Waals surface area contributed by atoms with Gasteiger partial charge in [0, 0.05) is 44.3 Å². The van der Waals surface area contributed by atoms with Gasteiger partial charge in [-0.05, 0) is 43.7 Å². The van der Waals surface area contributed by atoms with Crippen LogP contribution in [0.5, 0.6) is 0 Å². The Morgan fingerprint density at radius 3 is 2.54 bits per heavy atom. The van der Waals surface area contributed by atoms with Crippen molar-refractivity contribution in [3.8, 4) is 0 Å². The Labute approximate surface area is 214 Å². The Morgan fingerprint density at radius 2 is 1.92 bits per heavy atom. The van der Waals surface area contributed by atoms with E-state index in [0.717, 1.165) is 18.2 Å². The Morgan fingerprint density at radius 1 is 1.19 bits per heavy atom. The molecule has 0 saturated carbocycles. The molecule has 13 heteroatoms. The molecular formula is C24H23ClF4N6O2. The Bertz CT molecular complexity index is 1350. The smallest absolute Gasteiger partial charge is 0.344 e. The highest BCUT2D eigenvalue weighted by molar-refractivity contribution is 6.31. The lowest BCUT2D eigenvalue weighted by molar-refractivity contribution is -0.137. The van der Waals surface area contributed by atoms with Crippen molar-refractivity contribution in [1.82, 2.24) is 14.8 Å². The van der Waals surface area contributed by atoms with E-state index in [1.165, 1.54) is 40.6 Å². The maximum Gasteiger partial charge on any atom is 0.416 e. The van der Waals surface area contributed by atoms with Crippen LogP contribution in [0, 0.1) is 18.7 Å². The van der Waals surface area contributed by atoms with Crippen molar-refractivity contribution in [2.24, 2.45) is 13.0 Å². The average molecular weight is 539 g/mol. The van der Waals surface area contributed by atoms with Gasteiger partial charge in [0.2, 0.25) is 11.8 Å². The fraction of sp³-hybridized carbons (Fsp3) is 0.333. The number of nitrogens with one attached hydrogen (secondary N) is 1. The normalized spacial score (nSPS) is 17.7. The summed E-state index contributed by atoms with van der Waals surface area (Å²) in [6.07, 6.45) is -2.98. The lowest BCUT2D eigenvalue weighted by Gasteiger charge is -2.29. The van der Waals surface area contributed by atoms with Gasteiger partial charge in [0.05, 0.1) is 16.5 Å². The molecule has 2 amide bonds. The van der Waals surface area contributed by atoms with Crippen LogP contribution >= 0.6 is 11.6 Å². The number of hydrogen-bond acceptors (Lipinski definition) is 5. The van der Waals surface area contributed by atoms with E-state index in [4.69, 9.17) is 11.6 Å². The predicted octanol–water partition coefficient (Wildman–Crippen LogP) is 4.43. The molecule has 1 saturated heterocycles. The van der Waals surface area contributed by atoms with Crippen LogP contribution in [0.1, 0.15) is 17.7 Å². The summed E-state index contributed by atoms with van der Waals surface area (Å²) < 4.78 is 55.7. The maximum atomic E-state index is 13.6. The molecule has 3 heterocycles. The summed E-state index contributed by atoms with van der Waals surface area (Å²) >= 11 is 5.87. The van der Waals surface area contributed by atoms with Crippen molar-refractivity contribution in [2.45, 2.75) is 25.6 Å². The molecule has 8 nitrogen and oxygen atoms in total. The second-order valence-electron chi connectivity index (χ2n) is 8.81. The molecule has 4 rings (SSSR count). The maximum absolute atomic E-state index is 13.6. The standard InChI is InChI=1S/C24H23ClF4N6O2/c1-13-8-15(24(27,28)29)10-21(30-13)35-12-14(22(36)31-20-6-7-33(2)32-20)9-19(35)23(37)34(3)16-4-5-18(26)17(25)11-16/h4-8,10-11,14,19H,9,12H2,1-3H3,(H,31,32,36)/t14-,19-/m0/s1. The van der Waals surface area contributed by atoms with Gasteiger partial charge in [-0.2, -0.15) is 18.3 Å². The number of anilines is 3. The number of hydrogen-bond donors (Lipinski definition) is 1. The highest BCUT2D eigenvalue weighted by Gasteiger charge is 2.43. The van der Waals surface area contributed by atoms with Crippen molar-refractivity contribution in [1.29, 1.82) is 0 Å². The quantitative estimate of drug-likeness (QED) is 0.486. The summed E-state index contributed by atoms with van der Waals surface area (Å²) in [5.41, 5.74) is -0.525. The first-order valence-corrected chi connectivity index (χ1v) is 11.6. The van der Waals surface area contributed by atoms with Gasteiger partial charge in [-0.1, -0.05) is 11.6 Å². The molecule has 0 bridgehead atoms. The zero-order valence-corrected chi connectivity index (χ0v) is 20.8. The average Bonchev–Trinajstić information content (AvgIpc) is 3.45. The highest BCUT2D eigenvalue weighted by atomic mass is 35.5. The van der Waals surface area contributed by atoms with Crippen molar-refractivity contribution in [3.63, 3.8) is 0 Å². The van der Waals surface area contributed by atoms with Gasteiger partial charge in [-0.15, -0.1) is 0 Å². The fourth-order valence-electron chi connectivity index (χ4n) is 4.23. The SMILES string of the molecule is Cc1cc(C(F)(F)F)cc(N2C[C@@H](C(=O)Nc3ccn(C)n3)C[C@H]2C(=O)N(C)c2ccc(F)c(Cl)c2)n1. The van der Waals surface area contributed by atoms with Gasteiger partial charge in [-0.25, -0.2) is 9.37 Å². The van der Waals surface area contributed by atoms with Crippen molar-refractivity contribution >= 4 is 40.7 Å². The van der Waals surface area contributed by atoms with E-state index >= 15 is 0 Å². The van der Waals surface area contributed by atoms with Crippen LogP contribution < -0.4 is 15.1 Å². The largest absolute Gasteiger partial charge is 0.416 e. The number of aromatic nitrogens is 3. The number of carbonyl (C=O) groups is 2. The topological polar surface area (TPSA) is 83.4 Å². The Balaban J connectivity index is 1.68. The van der Waals surface area contributed by atoms with Crippen LogP contribution in [0.3, 0.4) is 0 Å². The third-order valence-corrected chi connectivity index (χ3v) is 6.39. The summed E-state index contributed by atoms with van der Waals surface area (Å²) in [5.74, 6) is -2.14. The van der Waals surface area contributed by atoms with Crippen molar-refractivity contribution in [2.75, 3.05) is 28.7 Å². The zero-order chi connectivity index (χ0) is 27.1. The van der Waals surface area contributed by atoms with E-state index < -0.39 is 41.3 Å². The first kappa shape index (κ1) is 26.4. The van der Waals surface area contributed by atoms with E-state index in [2.05, 4.69) is 15.4 Å². The van der Waals surface area contributed by atoms with Crippen LogP contribution in [0.4, 0.5) is 34.9 Å². The second kappa shape index (κ2) is 10.0. The van der Waals surface area contributed by atoms with Crippen LogP contribution in [-0.4, -0.2) is 46.2 Å². The third kappa shape index (κ3) is 5.68. The van der Waals surface area contributed by atoms with E-state index in [0.29, 0.717) is 5.82 Å². The lowest BCUT2D eigenvalue weighted by atomic mass is 10.0. The highest BCUT2D eigenvalue weighted by Crippen LogP contribution is 2.36. The number of pyridine rings is 1. The Hall–Kier alpha value is -3.67. The van der Waals surface area contributed by atoms with Gasteiger partial charge in [-0.3, -0.25) is 14.3 Å². The summed E-state index contributed by atoms with van der Waals surface area (Å²) in [6, 6.07) is 6.08. The number of nitrogens with zero attached hydrogens (tertiary/aromatic N) is 5. The summed E-state index contributed by atoms with van der Waals surface area (Å²) in [5, 5.41) is 6.59. The lowest BCUT2D eigenvalue weighted by Crippen LogP contribution is -2.44.